The van der Waals surface area contributed by atoms with Gasteiger partial charge in [-0.05, 0) is 41.2 Å². The van der Waals surface area contributed by atoms with E-state index in [2.05, 4.69) is 49.4 Å². The van der Waals surface area contributed by atoms with Gasteiger partial charge in [-0.1, -0.05) is 66.3 Å². The first-order chi connectivity index (χ1) is 9.79. The first-order valence-electron chi connectivity index (χ1n) is 6.95. The zero-order valence-electron chi connectivity index (χ0n) is 13.0. The summed E-state index contributed by atoms with van der Waals surface area (Å²) in [5.74, 6) is 0. The van der Waals surface area contributed by atoms with Crippen molar-refractivity contribution in [3.63, 3.8) is 0 Å². The van der Waals surface area contributed by atoms with Crippen LogP contribution in [0.15, 0.2) is 66.3 Å². The number of aliphatic hydroxyl groups is 1. The monoisotopic (exact) mass is 382 g/mol. The molecule has 0 bridgehead atoms. The average Bonchev–Trinajstić information content (AvgIpc) is 2.93. The maximum Gasteiger partial charge on any atom is 0.0687 e. The van der Waals surface area contributed by atoms with Crippen LogP contribution < -0.4 is 0 Å². The summed E-state index contributed by atoms with van der Waals surface area (Å²) < 4.78 is 0. The van der Waals surface area contributed by atoms with E-state index in [1.807, 2.05) is 18.2 Å². The van der Waals surface area contributed by atoms with Gasteiger partial charge in [0.1, 0.15) is 0 Å². The molecule has 1 aliphatic rings. The Kier molecular flexibility index (Phi) is 9.76. The summed E-state index contributed by atoms with van der Waals surface area (Å²) in [5.41, 5.74) is 7.24. The number of hydrogen-bond acceptors (Lipinski definition) is 1. The summed E-state index contributed by atoms with van der Waals surface area (Å²) in [5, 5.41) is 9.55. The smallest absolute Gasteiger partial charge is 0.0687 e. The Balaban J connectivity index is 0.00000161. The number of allylic oxidation sites excluding steroid dienone is 4. The van der Waals surface area contributed by atoms with E-state index in [1.165, 1.54) is 22.3 Å². The van der Waals surface area contributed by atoms with Gasteiger partial charge in [-0.3, -0.25) is 0 Å². The standard InChI is InChI=1S/C19H18O.2ClH.Ti/c1-14-10-11-15(12-14)17-7-4-5-9-19(17)18-8-3-2-6-16(18)13-20;;;/h2-10,12,20H,11,13H2,1H3;2*1H;. The quantitative estimate of drug-likeness (QED) is 0.702. The molecule has 0 aromatic heterocycles. The van der Waals surface area contributed by atoms with Crippen molar-refractivity contribution in [3.8, 4) is 11.1 Å². The number of aliphatic hydroxyl groups excluding tert-OH is 1. The molecular formula is C19H20Cl2OTi. The summed E-state index contributed by atoms with van der Waals surface area (Å²) in [4.78, 5) is 0. The molecule has 1 N–H and O–H groups in total. The van der Waals surface area contributed by atoms with Crippen molar-refractivity contribution in [2.75, 3.05) is 0 Å². The normalized spacial score (nSPS) is 12.3. The summed E-state index contributed by atoms with van der Waals surface area (Å²) >= 11 is 0. The first kappa shape index (κ1) is 22.2. The van der Waals surface area contributed by atoms with E-state index in [9.17, 15) is 5.11 Å². The fraction of sp³-hybridized carbons (Fsp3) is 0.158. The van der Waals surface area contributed by atoms with E-state index < -0.39 is 0 Å². The molecule has 2 aromatic rings. The Morgan fingerprint density at radius 2 is 1.43 bits per heavy atom. The molecule has 0 unspecified atom stereocenters. The molecule has 0 saturated heterocycles. The second kappa shape index (κ2) is 10.1. The van der Waals surface area contributed by atoms with Gasteiger partial charge in [0.15, 0.2) is 0 Å². The second-order valence-corrected chi connectivity index (χ2v) is 5.18. The molecule has 4 heteroatoms. The van der Waals surface area contributed by atoms with Gasteiger partial charge in [0.2, 0.25) is 0 Å². The van der Waals surface area contributed by atoms with Gasteiger partial charge in [-0.2, -0.15) is 0 Å². The third-order valence-electron chi connectivity index (χ3n) is 3.80. The minimum Gasteiger partial charge on any atom is -0.392 e. The Morgan fingerprint density at radius 3 is 2.00 bits per heavy atom. The Labute approximate surface area is 165 Å². The SMILES string of the molecule is CC1=CCC(c2ccccc2-c2ccccc2CO)=C1.Cl.Cl.[Ti]. The molecule has 1 aliphatic carbocycles. The molecule has 1 nitrogen and oxygen atoms in total. The Morgan fingerprint density at radius 1 is 0.870 bits per heavy atom. The summed E-state index contributed by atoms with van der Waals surface area (Å²) in [6.07, 6.45) is 5.49. The van der Waals surface area contributed by atoms with Gasteiger partial charge < -0.3 is 5.11 Å². The maximum atomic E-state index is 9.55. The zero-order chi connectivity index (χ0) is 13.9. The van der Waals surface area contributed by atoms with Gasteiger partial charge in [-0.25, -0.2) is 0 Å². The van der Waals surface area contributed by atoms with Crippen molar-refractivity contribution in [1.29, 1.82) is 0 Å². The Bertz CT molecular complexity index is 708. The minimum atomic E-state index is 0. The van der Waals surface area contributed by atoms with Crippen molar-refractivity contribution in [1.82, 2.24) is 0 Å². The van der Waals surface area contributed by atoms with E-state index in [-0.39, 0.29) is 53.1 Å². The van der Waals surface area contributed by atoms with E-state index in [4.69, 9.17) is 0 Å². The second-order valence-electron chi connectivity index (χ2n) is 5.18. The van der Waals surface area contributed by atoms with E-state index in [0.717, 1.165) is 17.5 Å². The number of hydrogen-bond donors (Lipinski definition) is 1. The number of rotatable bonds is 3. The minimum absolute atomic E-state index is 0. The molecule has 0 aliphatic heterocycles. The van der Waals surface area contributed by atoms with Gasteiger partial charge in [-0.15, -0.1) is 24.8 Å². The van der Waals surface area contributed by atoms with Gasteiger partial charge in [0.05, 0.1) is 6.61 Å². The molecule has 120 valence electrons. The fourth-order valence-electron chi connectivity index (χ4n) is 2.77. The molecule has 0 spiro atoms. The third-order valence-corrected chi connectivity index (χ3v) is 3.80. The molecular weight excluding hydrogens is 363 g/mol. The molecule has 23 heavy (non-hydrogen) atoms. The molecule has 0 saturated carbocycles. The van der Waals surface area contributed by atoms with Crippen LogP contribution in [-0.2, 0) is 28.3 Å². The summed E-state index contributed by atoms with van der Waals surface area (Å²) in [6, 6.07) is 16.5. The summed E-state index contributed by atoms with van der Waals surface area (Å²) in [7, 11) is 0. The van der Waals surface area contributed by atoms with Crippen molar-refractivity contribution in [3.05, 3.63) is 77.4 Å². The molecule has 0 radical (unpaired) electrons. The van der Waals surface area contributed by atoms with Crippen molar-refractivity contribution < 1.29 is 26.8 Å². The first-order valence-corrected chi connectivity index (χ1v) is 6.95. The molecule has 2 aromatic carbocycles. The van der Waals surface area contributed by atoms with E-state index >= 15 is 0 Å². The molecule has 0 heterocycles. The van der Waals surface area contributed by atoms with Crippen LogP contribution in [0.5, 0.6) is 0 Å². The summed E-state index contributed by atoms with van der Waals surface area (Å²) in [6.45, 7) is 2.21. The molecule has 3 rings (SSSR count). The Hall–Kier alpha value is -0.826. The molecule has 0 fully saturated rings. The van der Waals surface area contributed by atoms with Crippen LogP contribution >= 0.6 is 24.8 Å². The van der Waals surface area contributed by atoms with Crippen LogP contribution in [0.25, 0.3) is 16.7 Å². The third kappa shape index (κ3) is 4.82. The maximum absolute atomic E-state index is 9.55. The predicted molar refractivity (Wildman–Crippen MR) is 98.6 cm³/mol. The van der Waals surface area contributed by atoms with Crippen molar-refractivity contribution in [2.45, 2.75) is 20.0 Å². The van der Waals surface area contributed by atoms with E-state index in [0.29, 0.717) is 0 Å². The predicted octanol–water partition coefficient (Wildman–Crippen LogP) is 5.42. The fourth-order valence-corrected chi connectivity index (χ4v) is 2.77. The van der Waals surface area contributed by atoms with Crippen LogP contribution in [0.1, 0.15) is 24.5 Å². The van der Waals surface area contributed by atoms with Crippen LogP contribution in [0, 0.1) is 0 Å². The number of benzene rings is 2. The van der Waals surface area contributed by atoms with E-state index in [1.54, 1.807) is 0 Å². The average molecular weight is 383 g/mol. The molecule has 0 atom stereocenters. The topological polar surface area (TPSA) is 20.2 Å². The van der Waals surface area contributed by atoms with Gasteiger partial charge >= 0.3 is 0 Å². The largest absolute Gasteiger partial charge is 0.392 e. The van der Waals surface area contributed by atoms with Gasteiger partial charge in [0, 0.05) is 21.7 Å². The van der Waals surface area contributed by atoms with Crippen LogP contribution in [0.4, 0.5) is 0 Å². The number of halogens is 2. The van der Waals surface area contributed by atoms with Crippen LogP contribution in [0.3, 0.4) is 0 Å². The zero-order valence-corrected chi connectivity index (χ0v) is 16.1. The van der Waals surface area contributed by atoms with Gasteiger partial charge in [0.25, 0.3) is 0 Å². The van der Waals surface area contributed by atoms with Crippen molar-refractivity contribution in [2.24, 2.45) is 0 Å². The molecule has 0 amide bonds. The van der Waals surface area contributed by atoms with Crippen LogP contribution in [0.2, 0.25) is 0 Å². The van der Waals surface area contributed by atoms with Crippen LogP contribution in [-0.4, -0.2) is 5.11 Å². The van der Waals surface area contributed by atoms with Crippen molar-refractivity contribution >= 4 is 30.4 Å².